The van der Waals surface area contributed by atoms with Crippen LogP contribution in [0.15, 0.2) is 24.3 Å². The summed E-state index contributed by atoms with van der Waals surface area (Å²) in [6.45, 7) is 7.79. The Kier molecular flexibility index (Phi) is 8.74. The van der Waals surface area contributed by atoms with E-state index in [-0.39, 0.29) is 48.5 Å². The van der Waals surface area contributed by atoms with Gasteiger partial charge in [0.15, 0.2) is 5.82 Å². The molecule has 3 heterocycles. The first-order valence-electron chi connectivity index (χ1n) is 13.0. The van der Waals surface area contributed by atoms with Gasteiger partial charge in [0.05, 0.1) is 30.2 Å². The van der Waals surface area contributed by atoms with E-state index in [4.69, 9.17) is 4.74 Å². The van der Waals surface area contributed by atoms with Crippen molar-refractivity contribution in [2.75, 3.05) is 45.9 Å². The van der Waals surface area contributed by atoms with Crippen LogP contribution in [0, 0.1) is 11.8 Å². The minimum absolute atomic E-state index is 0.0394. The number of aromatic nitrogens is 2. The van der Waals surface area contributed by atoms with Gasteiger partial charge in [-0.25, -0.2) is 4.98 Å². The second-order valence-corrected chi connectivity index (χ2v) is 10.3. The number of halogens is 3. The van der Waals surface area contributed by atoms with E-state index in [1.54, 1.807) is 33.7 Å². The summed E-state index contributed by atoms with van der Waals surface area (Å²) in [6.07, 6.45) is -4.81. The highest BCUT2D eigenvalue weighted by molar-refractivity contribution is 5.95. The molecule has 11 heteroatoms. The van der Waals surface area contributed by atoms with Gasteiger partial charge in [-0.05, 0) is 30.9 Å². The van der Waals surface area contributed by atoms with Gasteiger partial charge in [0.25, 0.3) is 5.91 Å². The van der Waals surface area contributed by atoms with Gasteiger partial charge in [-0.1, -0.05) is 26.0 Å². The van der Waals surface area contributed by atoms with Gasteiger partial charge < -0.3 is 24.4 Å². The van der Waals surface area contributed by atoms with Gasteiger partial charge in [0.1, 0.15) is 0 Å². The molecule has 0 bridgehead atoms. The second kappa shape index (κ2) is 11.8. The number of alkyl halides is 3. The van der Waals surface area contributed by atoms with Crippen LogP contribution in [0.1, 0.15) is 43.7 Å². The summed E-state index contributed by atoms with van der Waals surface area (Å²) in [7, 11) is 0. The maximum Gasteiger partial charge on any atom is 0.389 e. The number of benzene rings is 1. The van der Waals surface area contributed by atoms with Crippen molar-refractivity contribution in [2.24, 2.45) is 11.8 Å². The van der Waals surface area contributed by atoms with Crippen LogP contribution in [0.5, 0.6) is 0 Å². The number of carbonyl (C=O) groups is 2. The molecular weight excluding hydrogens is 487 g/mol. The highest BCUT2D eigenvalue weighted by Crippen LogP contribution is 2.26. The summed E-state index contributed by atoms with van der Waals surface area (Å²) < 4.78 is 45.6. The molecule has 0 saturated carbocycles. The molecular formula is C26H36F3N5O3. The zero-order valence-corrected chi connectivity index (χ0v) is 21.5. The summed E-state index contributed by atoms with van der Waals surface area (Å²) in [4.78, 5) is 35.3. The topological polar surface area (TPSA) is 79.7 Å². The van der Waals surface area contributed by atoms with Crippen molar-refractivity contribution in [1.29, 1.82) is 0 Å². The molecule has 0 aliphatic carbocycles. The zero-order valence-electron chi connectivity index (χ0n) is 21.5. The van der Waals surface area contributed by atoms with Crippen molar-refractivity contribution >= 4 is 22.8 Å². The molecule has 0 unspecified atom stereocenters. The molecule has 2 aliphatic rings. The number of hydrogen-bond donors (Lipinski definition) is 1. The van der Waals surface area contributed by atoms with E-state index >= 15 is 0 Å². The Morgan fingerprint density at radius 2 is 1.92 bits per heavy atom. The van der Waals surface area contributed by atoms with Gasteiger partial charge in [0.2, 0.25) is 5.91 Å². The third-order valence-electron chi connectivity index (χ3n) is 6.95. The fourth-order valence-electron chi connectivity index (χ4n) is 5.21. The molecule has 1 N–H and O–H groups in total. The SMILES string of the molecule is CC(C)CN(C(=O)c1nc2ccccc2n1CCCC(F)(F)F)[C@@H]1CNC[C@H](C(=O)N2CCOCC2)C1. The molecule has 37 heavy (non-hydrogen) atoms. The summed E-state index contributed by atoms with van der Waals surface area (Å²) in [5.74, 6) is -0.210. The third-order valence-corrected chi connectivity index (χ3v) is 6.95. The molecule has 1 aromatic carbocycles. The average Bonchev–Trinajstić information content (AvgIpc) is 3.25. The van der Waals surface area contributed by atoms with Gasteiger partial charge >= 0.3 is 6.18 Å². The van der Waals surface area contributed by atoms with E-state index in [1.807, 2.05) is 18.7 Å². The highest BCUT2D eigenvalue weighted by atomic mass is 19.4. The molecule has 1 aromatic heterocycles. The molecule has 0 radical (unpaired) electrons. The summed E-state index contributed by atoms with van der Waals surface area (Å²) in [5.41, 5.74) is 1.21. The number of nitrogens with zero attached hydrogens (tertiary/aromatic N) is 4. The van der Waals surface area contributed by atoms with Crippen LogP contribution in [0.4, 0.5) is 13.2 Å². The van der Waals surface area contributed by atoms with Crippen molar-refractivity contribution in [3.8, 4) is 0 Å². The Hall–Kier alpha value is -2.66. The predicted octanol–water partition coefficient (Wildman–Crippen LogP) is 3.31. The number of carbonyl (C=O) groups excluding carboxylic acids is 2. The van der Waals surface area contributed by atoms with Gasteiger partial charge in [-0.2, -0.15) is 13.2 Å². The smallest absolute Gasteiger partial charge is 0.378 e. The van der Waals surface area contributed by atoms with Crippen molar-refractivity contribution < 1.29 is 27.5 Å². The number of fused-ring (bicyclic) bond motifs is 1. The monoisotopic (exact) mass is 523 g/mol. The maximum atomic E-state index is 14.0. The van der Waals surface area contributed by atoms with Crippen LogP contribution < -0.4 is 5.32 Å². The number of para-hydroxylation sites is 2. The Morgan fingerprint density at radius 1 is 1.19 bits per heavy atom. The molecule has 2 atom stereocenters. The lowest BCUT2D eigenvalue weighted by molar-refractivity contribution is -0.140. The normalized spacial score (nSPS) is 21.0. The van der Waals surface area contributed by atoms with Gasteiger partial charge in [-0.3, -0.25) is 9.59 Å². The Morgan fingerprint density at radius 3 is 2.62 bits per heavy atom. The van der Waals surface area contributed by atoms with E-state index in [2.05, 4.69) is 10.3 Å². The number of amides is 2. The van der Waals surface area contributed by atoms with Crippen LogP contribution in [0.25, 0.3) is 11.0 Å². The number of ether oxygens (including phenoxy) is 1. The average molecular weight is 524 g/mol. The molecule has 2 fully saturated rings. The summed E-state index contributed by atoms with van der Waals surface area (Å²) in [6, 6.07) is 6.89. The Balaban J connectivity index is 1.58. The van der Waals surface area contributed by atoms with Crippen LogP contribution in [0.3, 0.4) is 0 Å². The van der Waals surface area contributed by atoms with E-state index in [9.17, 15) is 22.8 Å². The highest BCUT2D eigenvalue weighted by Gasteiger charge is 2.37. The zero-order chi connectivity index (χ0) is 26.6. The summed E-state index contributed by atoms with van der Waals surface area (Å²) in [5, 5.41) is 3.33. The summed E-state index contributed by atoms with van der Waals surface area (Å²) >= 11 is 0. The molecule has 4 rings (SSSR count). The number of hydrogen-bond acceptors (Lipinski definition) is 5. The minimum atomic E-state index is -4.26. The van der Waals surface area contributed by atoms with Crippen molar-refractivity contribution in [3.05, 3.63) is 30.1 Å². The van der Waals surface area contributed by atoms with Gasteiger partial charge in [0, 0.05) is 51.7 Å². The molecule has 0 spiro atoms. The molecule has 2 aliphatic heterocycles. The Bertz CT molecular complexity index is 1080. The van der Waals surface area contributed by atoms with Crippen LogP contribution in [-0.4, -0.2) is 89.3 Å². The number of piperidine rings is 1. The molecule has 8 nitrogen and oxygen atoms in total. The second-order valence-electron chi connectivity index (χ2n) is 10.3. The maximum absolute atomic E-state index is 14.0. The van der Waals surface area contributed by atoms with Gasteiger partial charge in [-0.15, -0.1) is 0 Å². The number of morpholine rings is 1. The first-order valence-corrected chi connectivity index (χ1v) is 13.0. The fourth-order valence-corrected chi connectivity index (χ4v) is 5.21. The van der Waals surface area contributed by atoms with Crippen LogP contribution in [-0.2, 0) is 16.1 Å². The van der Waals surface area contributed by atoms with Crippen molar-refractivity contribution in [3.63, 3.8) is 0 Å². The molecule has 2 amide bonds. The number of aryl methyl sites for hydroxylation is 1. The first-order chi connectivity index (χ1) is 17.6. The predicted molar refractivity (Wildman–Crippen MR) is 133 cm³/mol. The lowest BCUT2D eigenvalue weighted by Gasteiger charge is -2.40. The van der Waals surface area contributed by atoms with E-state index in [0.29, 0.717) is 63.4 Å². The minimum Gasteiger partial charge on any atom is -0.378 e. The van der Waals surface area contributed by atoms with E-state index < -0.39 is 12.6 Å². The first kappa shape index (κ1) is 27.4. The standard InChI is InChI=1S/C26H36F3N5O3/c1-18(2)17-34(20-14-19(15-30-16-20)24(35)32-10-12-37-13-11-32)25(36)23-31-21-6-3-4-7-22(21)33(23)9-5-8-26(27,28)29/h3-4,6-7,18-20,30H,5,8-17H2,1-2H3/t19-,20+/m1/s1. The fraction of sp³-hybridized carbons (Fsp3) is 0.654. The number of rotatable bonds is 8. The quantitative estimate of drug-likeness (QED) is 0.575. The molecule has 204 valence electrons. The Labute approximate surface area is 215 Å². The van der Waals surface area contributed by atoms with E-state index in [0.717, 1.165) is 0 Å². The number of nitrogens with one attached hydrogen (secondary N) is 1. The lowest BCUT2D eigenvalue weighted by atomic mass is 9.92. The lowest BCUT2D eigenvalue weighted by Crippen LogP contribution is -2.56. The van der Waals surface area contributed by atoms with E-state index in [1.165, 1.54) is 0 Å². The molecule has 2 aromatic rings. The number of imidazole rings is 1. The largest absolute Gasteiger partial charge is 0.389 e. The van der Waals surface area contributed by atoms with Crippen LogP contribution >= 0.6 is 0 Å². The third kappa shape index (κ3) is 6.81. The van der Waals surface area contributed by atoms with Crippen molar-refractivity contribution in [2.45, 2.75) is 51.9 Å². The molecule has 2 saturated heterocycles. The van der Waals surface area contributed by atoms with Crippen LogP contribution in [0.2, 0.25) is 0 Å². The van der Waals surface area contributed by atoms with Crippen molar-refractivity contribution in [1.82, 2.24) is 24.7 Å².